The fourth-order valence-corrected chi connectivity index (χ4v) is 2.91. The van der Waals surface area contributed by atoms with Gasteiger partial charge in [-0.25, -0.2) is 4.39 Å². The van der Waals surface area contributed by atoms with Crippen molar-refractivity contribution in [2.24, 2.45) is 0 Å². The van der Waals surface area contributed by atoms with Crippen molar-refractivity contribution in [1.29, 1.82) is 0 Å². The van der Waals surface area contributed by atoms with Crippen molar-refractivity contribution in [1.82, 2.24) is 5.32 Å². The molecule has 3 rings (SSSR count). The number of hydrogen-bond acceptors (Lipinski definition) is 2. The van der Waals surface area contributed by atoms with Gasteiger partial charge in [-0.2, -0.15) is 0 Å². The third-order valence-corrected chi connectivity index (χ3v) is 4.78. The minimum absolute atomic E-state index is 0.0352. The average molecular weight is 341 g/mol. The molecule has 1 N–H and O–H groups in total. The maximum absolute atomic E-state index is 13.1. The highest BCUT2D eigenvalue weighted by Crippen LogP contribution is 2.47. The standard InChI is InChI=1S/C21H24FNO2/c1-2-3-14-25-19-10-4-16(5-11-19)20(24)23-15-21(12-13-21)17-6-8-18(22)9-7-17/h4-11H,2-3,12-15H2,1H3,(H,23,24). The van der Waals surface area contributed by atoms with E-state index in [0.717, 1.165) is 37.0 Å². The van der Waals surface area contributed by atoms with E-state index in [0.29, 0.717) is 18.7 Å². The highest BCUT2D eigenvalue weighted by Gasteiger charge is 2.44. The van der Waals surface area contributed by atoms with Crippen LogP contribution in [0.15, 0.2) is 48.5 Å². The second-order valence-electron chi connectivity index (χ2n) is 6.70. The Morgan fingerprint density at radius 1 is 1.12 bits per heavy atom. The van der Waals surface area contributed by atoms with Gasteiger partial charge in [-0.1, -0.05) is 25.5 Å². The van der Waals surface area contributed by atoms with E-state index < -0.39 is 0 Å². The van der Waals surface area contributed by atoms with E-state index in [4.69, 9.17) is 4.74 Å². The van der Waals surface area contributed by atoms with E-state index in [1.807, 2.05) is 24.3 Å². The zero-order valence-corrected chi connectivity index (χ0v) is 14.6. The lowest BCUT2D eigenvalue weighted by atomic mass is 9.96. The first kappa shape index (κ1) is 17.5. The summed E-state index contributed by atoms with van der Waals surface area (Å²) < 4.78 is 18.7. The molecule has 0 aliphatic heterocycles. The Labute approximate surface area is 148 Å². The molecule has 0 unspecified atom stereocenters. The summed E-state index contributed by atoms with van der Waals surface area (Å²) in [6, 6.07) is 13.8. The molecular formula is C21H24FNO2. The van der Waals surface area contributed by atoms with Crippen molar-refractivity contribution in [3.05, 3.63) is 65.5 Å². The SMILES string of the molecule is CCCCOc1ccc(C(=O)NCC2(c3ccc(F)cc3)CC2)cc1. The fourth-order valence-electron chi connectivity index (χ4n) is 2.91. The van der Waals surface area contributed by atoms with E-state index in [9.17, 15) is 9.18 Å². The highest BCUT2D eigenvalue weighted by atomic mass is 19.1. The van der Waals surface area contributed by atoms with Crippen LogP contribution in [0, 0.1) is 5.82 Å². The van der Waals surface area contributed by atoms with Crippen LogP contribution in [-0.2, 0) is 5.41 Å². The summed E-state index contributed by atoms with van der Waals surface area (Å²) >= 11 is 0. The molecule has 1 fully saturated rings. The molecule has 2 aromatic rings. The van der Waals surface area contributed by atoms with E-state index in [1.165, 1.54) is 12.1 Å². The number of carbonyl (C=O) groups excluding carboxylic acids is 1. The number of carbonyl (C=O) groups is 1. The van der Waals surface area contributed by atoms with Gasteiger partial charge in [-0.3, -0.25) is 4.79 Å². The van der Waals surface area contributed by atoms with Gasteiger partial charge in [0.05, 0.1) is 6.61 Å². The van der Waals surface area contributed by atoms with Crippen LogP contribution >= 0.6 is 0 Å². The Balaban J connectivity index is 1.55. The summed E-state index contributed by atoms with van der Waals surface area (Å²) in [4.78, 5) is 12.4. The van der Waals surface area contributed by atoms with Gasteiger partial charge >= 0.3 is 0 Å². The molecule has 0 atom stereocenters. The van der Waals surface area contributed by atoms with Crippen LogP contribution in [0.5, 0.6) is 5.75 Å². The lowest BCUT2D eigenvalue weighted by Crippen LogP contribution is -2.32. The number of hydrogen-bond donors (Lipinski definition) is 1. The normalized spacial score (nSPS) is 14.8. The number of halogens is 1. The van der Waals surface area contributed by atoms with Gasteiger partial charge in [0.2, 0.25) is 0 Å². The van der Waals surface area contributed by atoms with E-state index in [2.05, 4.69) is 12.2 Å². The van der Waals surface area contributed by atoms with Crippen LogP contribution in [0.2, 0.25) is 0 Å². The van der Waals surface area contributed by atoms with Crippen molar-refractivity contribution in [3.63, 3.8) is 0 Å². The van der Waals surface area contributed by atoms with Crippen LogP contribution in [0.3, 0.4) is 0 Å². The molecule has 0 radical (unpaired) electrons. The van der Waals surface area contributed by atoms with Crippen LogP contribution in [0.1, 0.15) is 48.5 Å². The lowest BCUT2D eigenvalue weighted by Gasteiger charge is -2.17. The van der Waals surface area contributed by atoms with Crippen molar-refractivity contribution >= 4 is 5.91 Å². The molecule has 0 saturated heterocycles. The topological polar surface area (TPSA) is 38.3 Å². The molecule has 1 amide bonds. The van der Waals surface area contributed by atoms with Gasteiger partial charge in [0, 0.05) is 17.5 Å². The molecule has 3 nitrogen and oxygen atoms in total. The first-order valence-electron chi connectivity index (χ1n) is 8.90. The predicted octanol–water partition coefficient (Wildman–Crippen LogP) is 4.47. The van der Waals surface area contributed by atoms with Gasteiger partial charge in [0.1, 0.15) is 11.6 Å². The second-order valence-corrected chi connectivity index (χ2v) is 6.70. The number of rotatable bonds is 8. The van der Waals surface area contributed by atoms with E-state index in [1.54, 1.807) is 12.1 Å². The zero-order chi connectivity index (χ0) is 17.7. The van der Waals surface area contributed by atoms with Crippen molar-refractivity contribution in [3.8, 4) is 5.75 Å². The zero-order valence-electron chi connectivity index (χ0n) is 14.6. The Morgan fingerprint density at radius 3 is 2.40 bits per heavy atom. The average Bonchev–Trinajstić information content (AvgIpc) is 3.42. The van der Waals surface area contributed by atoms with Gasteiger partial charge < -0.3 is 10.1 Å². The largest absolute Gasteiger partial charge is 0.494 e. The van der Waals surface area contributed by atoms with Crippen LogP contribution in [-0.4, -0.2) is 19.1 Å². The Kier molecular flexibility index (Phi) is 5.37. The second kappa shape index (κ2) is 7.68. The quantitative estimate of drug-likeness (QED) is 0.720. The van der Waals surface area contributed by atoms with E-state index >= 15 is 0 Å². The van der Waals surface area contributed by atoms with Gasteiger partial charge in [-0.05, 0) is 61.2 Å². The first-order chi connectivity index (χ1) is 12.1. The predicted molar refractivity (Wildman–Crippen MR) is 96.5 cm³/mol. The number of nitrogens with one attached hydrogen (secondary N) is 1. The van der Waals surface area contributed by atoms with Gasteiger partial charge in [0.25, 0.3) is 5.91 Å². The van der Waals surface area contributed by atoms with Crippen LogP contribution in [0.4, 0.5) is 4.39 Å². The third-order valence-electron chi connectivity index (χ3n) is 4.78. The maximum atomic E-state index is 13.1. The molecule has 0 spiro atoms. The monoisotopic (exact) mass is 341 g/mol. The molecule has 4 heteroatoms. The summed E-state index contributed by atoms with van der Waals surface area (Å²) in [6.45, 7) is 3.39. The molecule has 0 heterocycles. The summed E-state index contributed by atoms with van der Waals surface area (Å²) in [5.41, 5.74) is 1.68. The van der Waals surface area contributed by atoms with Gasteiger partial charge in [-0.15, -0.1) is 0 Å². The number of amides is 1. The first-order valence-corrected chi connectivity index (χ1v) is 8.90. The van der Waals surface area contributed by atoms with Gasteiger partial charge in [0.15, 0.2) is 0 Å². The minimum atomic E-state index is -0.232. The van der Waals surface area contributed by atoms with E-state index in [-0.39, 0.29) is 17.1 Å². The third kappa shape index (κ3) is 4.38. The Morgan fingerprint density at radius 2 is 1.80 bits per heavy atom. The molecule has 1 aliphatic rings. The Hall–Kier alpha value is -2.36. The number of ether oxygens (including phenoxy) is 1. The summed E-state index contributed by atoms with van der Waals surface area (Å²) in [6.07, 6.45) is 4.15. The Bertz CT molecular complexity index is 706. The number of unbranched alkanes of at least 4 members (excludes halogenated alkanes) is 1. The fraction of sp³-hybridized carbons (Fsp3) is 0.381. The highest BCUT2D eigenvalue weighted by molar-refractivity contribution is 5.94. The summed E-state index contributed by atoms with van der Waals surface area (Å²) in [5, 5.41) is 3.01. The smallest absolute Gasteiger partial charge is 0.251 e. The molecule has 0 aromatic heterocycles. The summed E-state index contributed by atoms with van der Waals surface area (Å²) in [7, 11) is 0. The molecule has 0 bridgehead atoms. The van der Waals surface area contributed by atoms with Crippen molar-refractivity contribution < 1.29 is 13.9 Å². The maximum Gasteiger partial charge on any atom is 0.251 e. The molecule has 1 aliphatic carbocycles. The molecule has 1 saturated carbocycles. The molecule has 25 heavy (non-hydrogen) atoms. The molecule has 132 valence electrons. The molecule has 2 aromatic carbocycles. The summed E-state index contributed by atoms with van der Waals surface area (Å²) in [5.74, 6) is 0.466. The van der Waals surface area contributed by atoms with Crippen molar-refractivity contribution in [2.45, 2.75) is 38.0 Å². The minimum Gasteiger partial charge on any atom is -0.494 e. The van der Waals surface area contributed by atoms with Crippen LogP contribution in [0.25, 0.3) is 0 Å². The number of benzene rings is 2. The lowest BCUT2D eigenvalue weighted by molar-refractivity contribution is 0.0949. The van der Waals surface area contributed by atoms with Crippen LogP contribution < -0.4 is 10.1 Å². The van der Waals surface area contributed by atoms with Crippen molar-refractivity contribution in [2.75, 3.05) is 13.2 Å². The molecular weight excluding hydrogens is 317 g/mol.